The van der Waals surface area contributed by atoms with Crippen LogP contribution in [0.3, 0.4) is 0 Å². The van der Waals surface area contributed by atoms with Gasteiger partial charge in [0.1, 0.15) is 5.76 Å². The van der Waals surface area contributed by atoms with E-state index in [-0.39, 0.29) is 11.5 Å². The number of likely N-dealkylation sites (tertiary alicyclic amines) is 1. The van der Waals surface area contributed by atoms with Gasteiger partial charge < -0.3 is 4.42 Å². The van der Waals surface area contributed by atoms with E-state index < -0.39 is 11.6 Å². The van der Waals surface area contributed by atoms with Crippen LogP contribution in [-0.2, 0) is 6.54 Å². The average molecular weight is 368 g/mol. The number of piperidine rings is 1. The van der Waals surface area contributed by atoms with E-state index >= 15 is 0 Å². The summed E-state index contributed by atoms with van der Waals surface area (Å²) >= 11 is 0. The second-order valence-corrected chi connectivity index (χ2v) is 7.11. The van der Waals surface area contributed by atoms with Gasteiger partial charge in [-0.2, -0.15) is 0 Å². The predicted octanol–water partition coefficient (Wildman–Crippen LogP) is 5.31. The van der Waals surface area contributed by atoms with Crippen molar-refractivity contribution >= 4 is 0 Å². The lowest BCUT2D eigenvalue weighted by atomic mass is 9.90. The highest BCUT2D eigenvalue weighted by molar-refractivity contribution is 5.54. The first kappa shape index (κ1) is 17.9. The van der Waals surface area contributed by atoms with Crippen LogP contribution in [0.1, 0.15) is 35.8 Å². The molecular weight excluding hydrogens is 346 g/mol. The van der Waals surface area contributed by atoms with Crippen molar-refractivity contribution in [2.75, 3.05) is 13.1 Å². The summed E-state index contributed by atoms with van der Waals surface area (Å²) in [6.07, 6.45) is 2.31. The van der Waals surface area contributed by atoms with Gasteiger partial charge in [0.15, 0.2) is 11.6 Å². The van der Waals surface area contributed by atoms with Gasteiger partial charge in [-0.05, 0) is 49.9 Å². The lowest BCUT2D eigenvalue weighted by molar-refractivity contribution is 0.197. The molecule has 1 aliphatic rings. The standard InChI is InChI=1S/C22H22F2N2O/c1-15-20(25-22(27-15)18-10-5-11-19(23)21(18)24)14-26-12-6-9-17(13-26)16-7-3-2-4-8-16/h2-5,7-8,10-11,17H,6,9,12-14H2,1H3. The van der Waals surface area contributed by atoms with E-state index in [0.29, 0.717) is 18.2 Å². The number of oxazole rings is 1. The van der Waals surface area contributed by atoms with Crippen molar-refractivity contribution in [3.8, 4) is 11.5 Å². The molecule has 1 fully saturated rings. The minimum absolute atomic E-state index is 0.0603. The van der Waals surface area contributed by atoms with E-state index in [1.54, 1.807) is 0 Å². The summed E-state index contributed by atoms with van der Waals surface area (Å²) in [5.41, 5.74) is 2.20. The smallest absolute Gasteiger partial charge is 0.229 e. The van der Waals surface area contributed by atoms with Gasteiger partial charge in [0.2, 0.25) is 5.89 Å². The van der Waals surface area contributed by atoms with Gasteiger partial charge in [-0.25, -0.2) is 13.8 Å². The summed E-state index contributed by atoms with van der Waals surface area (Å²) < 4.78 is 33.2. The summed E-state index contributed by atoms with van der Waals surface area (Å²) in [5, 5.41) is 0. The predicted molar refractivity (Wildman–Crippen MR) is 100 cm³/mol. The fourth-order valence-electron chi connectivity index (χ4n) is 3.77. The molecule has 0 amide bonds. The molecule has 0 aliphatic carbocycles. The molecule has 0 radical (unpaired) electrons. The molecule has 1 saturated heterocycles. The molecule has 0 N–H and O–H groups in total. The highest BCUT2D eigenvalue weighted by Gasteiger charge is 2.24. The van der Waals surface area contributed by atoms with Crippen molar-refractivity contribution in [3.05, 3.63) is 77.2 Å². The maximum Gasteiger partial charge on any atom is 0.229 e. The van der Waals surface area contributed by atoms with Crippen LogP contribution in [0.2, 0.25) is 0 Å². The minimum Gasteiger partial charge on any atom is -0.441 e. The molecule has 1 aromatic heterocycles. The van der Waals surface area contributed by atoms with Crippen LogP contribution < -0.4 is 0 Å². The molecule has 0 saturated carbocycles. The molecule has 0 spiro atoms. The Bertz CT molecular complexity index is 923. The third-order valence-corrected chi connectivity index (χ3v) is 5.22. The molecule has 140 valence electrons. The maximum absolute atomic E-state index is 14.0. The first-order valence-electron chi connectivity index (χ1n) is 9.30. The Morgan fingerprint density at radius 3 is 2.74 bits per heavy atom. The molecule has 5 heteroatoms. The second kappa shape index (κ2) is 7.61. The molecule has 3 aromatic rings. The van der Waals surface area contributed by atoms with Gasteiger partial charge in [0, 0.05) is 13.1 Å². The molecule has 1 aliphatic heterocycles. The third kappa shape index (κ3) is 3.78. The average Bonchev–Trinajstić information content (AvgIpc) is 3.05. The molecule has 3 nitrogen and oxygen atoms in total. The van der Waals surface area contributed by atoms with Crippen LogP contribution in [0.4, 0.5) is 8.78 Å². The van der Waals surface area contributed by atoms with Crippen LogP contribution in [0, 0.1) is 18.6 Å². The fourth-order valence-corrected chi connectivity index (χ4v) is 3.77. The van der Waals surface area contributed by atoms with Crippen molar-refractivity contribution < 1.29 is 13.2 Å². The highest BCUT2D eigenvalue weighted by Crippen LogP contribution is 2.30. The van der Waals surface area contributed by atoms with Crippen molar-refractivity contribution in [2.24, 2.45) is 0 Å². The number of hydrogen-bond donors (Lipinski definition) is 0. The SMILES string of the molecule is Cc1oc(-c2cccc(F)c2F)nc1CN1CCCC(c2ccccc2)C1. The van der Waals surface area contributed by atoms with E-state index in [2.05, 4.69) is 34.1 Å². The lowest BCUT2D eigenvalue weighted by Gasteiger charge is -2.32. The Morgan fingerprint density at radius 2 is 1.93 bits per heavy atom. The van der Waals surface area contributed by atoms with E-state index in [9.17, 15) is 8.78 Å². The summed E-state index contributed by atoms with van der Waals surface area (Å²) in [6.45, 7) is 4.43. The summed E-state index contributed by atoms with van der Waals surface area (Å²) in [4.78, 5) is 6.82. The minimum atomic E-state index is -0.924. The number of halogens is 2. The molecule has 2 heterocycles. The maximum atomic E-state index is 14.0. The monoisotopic (exact) mass is 368 g/mol. The zero-order chi connectivity index (χ0) is 18.8. The van der Waals surface area contributed by atoms with Gasteiger partial charge in [0.25, 0.3) is 0 Å². The van der Waals surface area contributed by atoms with Crippen molar-refractivity contribution in [2.45, 2.75) is 32.2 Å². The lowest BCUT2D eigenvalue weighted by Crippen LogP contribution is -2.34. The number of hydrogen-bond acceptors (Lipinski definition) is 3. The first-order chi connectivity index (χ1) is 13.1. The second-order valence-electron chi connectivity index (χ2n) is 7.11. The summed E-state index contributed by atoms with van der Waals surface area (Å²) in [7, 11) is 0. The Morgan fingerprint density at radius 1 is 1.11 bits per heavy atom. The number of aryl methyl sites for hydroxylation is 1. The number of aromatic nitrogens is 1. The van der Waals surface area contributed by atoms with Gasteiger partial charge >= 0.3 is 0 Å². The largest absolute Gasteiger partial charge is 0.441 e. The van der Waals surface area contributed by atoms with E-state index in [0.717, 1.165) is 31.3 Å². The summed E-state index contributed by atoms with van der Waals surface area (Å²) in [6, 6.07) is 14.6. The van der Waals surface area contributed by atoms with Crippen LogP contribution >= 0.6 is 0 Å². The Balaban J connectivity index is 1.51. The van der Waals surface area contributed by atoms with Crippen LogP contribution in [0.5, 0.6) is 0 Å². The zero-order valence-electron chi connectivity index (χ0n) is 15.3. The van der Waals surface area contributed by atoms with Crippen LogP contribution in [-0.4, -0.2) is 23.0 Å². The van der Waals surface area contributed by atoms with Crippen LogP contribution in [0.25, 0.3) is 11.5 Å². The number of nitrogens with zero attached hydrogens (tertiary/aromatic N) is 2. The summed E-state index contributed by atoms with van der Waals surface area (Å²) in [5.74, 6) is -0.530. The molecule has 1 atom stereocenters. The molecule has 1 unspecified atom stereocenters. The van der Waals surface area contributed by atoms with Gasteiger partial charge in [-0.1, -0.05) is 36.4 Å². The van der Waals surface area contributed by atoms with E-state index in [1.165, 1.54) is 24.1 Å². The highest BCUT2D eigenvalue weighted by atomic mass is 19.2. The van der Waals surface area contributed by atoms with Crippen molar-refractivity contribution in [1.29, 1.82) is 0 Å². The zero-order valence-corrected chi connectivity index (χ0v) is 15.3. The Hall–Kier alpha value is -2.53. The number of rotatable bonds is 4. The number of benzene rings is 2. The van der Waals surface area contributed by atoms with Gasteiger partial charge in [-0.15, -0.1) is 0 Å². The van der Waals surface area contributed by atoms with E-state index in [1.807, 2.05) is 13.0 Å². The topological polar surface area (TPSA) is 29.3 Å². The first-order valence-corrected chi connectivity index (χ1v) is 9.30. The molecular formula is C22H22F2N2O. The van der Waals surface area contributed by atoms with E-state index in [4.69, 9.17) is 4.42 Å². The van der Waals surface area contributed by atoms with Crippen molar-refractivity contribution in [3.63, 3.8) is 0 Å². The molecule has 4 rings (SSSR count). The van der Waals surface area contributed by atoms with Gasteiger partial charge in [0.05, 0.1) is 11.3 Å². The van der Waals surface area contributed by atoms with Crippen LogP contribution in [0.15, 0.2) is 52.9 Å². The fraction of sp³-hybridized carbons (Fsp3) is 0.318. The Labute approximate surface area is 157 Å². The third-order valence-electron chi connectivity index (χ3n) is 5.22. The molecule has 2 aromatic carbocycles. The molecule has 0 bridgehead atoms. The normalized spacial score (nSPS) is 18.0. The quantitative estimate of drug-likeness (QED) is 0.625. The van der Waals surface area contributed by atoms with Gasteiger partial charge in [-0.3, -0.25) is 4.90 Å². The van der Waals surface area contributed by atoms with Crippen molar-refractivity contribution in [1.82, 2.24) is 9.88 Å². The Kier molecular flexibility index (Phi) is 5.03. The molecule has 27 heavy (non-hydrogen) atoms.